The van der Waals surface area contributed by atoms with Gasteiger partial charge < -0.3 is 10.2 Å². The van der Waals surface area contributed by atoms with Crippen LogP contribution in [-0.2, 0) is 0 Å². The average molecular weight is 400 g/mol. The number of hydrogen-bond acceptors (Lipinski definition) is 2. The van der Waals surface area contributed by atoms with Gasteiger partial charge in [0.1, 0.15) is 0 Å². The van der Waals surface area contributed by atoms with Gasteiger partial charge in [0, 0.05) is 11.1 Å². The first-order valence-electron chi connectivity index (χ1n) is 10.7. The highest BCUT2D eigenvalue weighted by Gasteiger charge is 2.48. The molecule has 30 heavy (non-hydrogen) atoms. The maximum Gasteiger partial charge on any atom is 0.335 e. The standard InChI is InChI=1S/C26H24O4/c27-25(28)22-8-16(9-23(14-22)26(29)30)2-1-15-3-5-19(6-4-15)24-20-10-17-7-18(12-20)13-21(24)11-17/h3-6,8-9,14,17-18,20-21,24H,7,10-13H2,(H,27,28)(H,29,30). The number of carbonyl (C=O) groups is 2. The summed E-state index contributed by atoms with van der Waals surface area (Å²) in [7, 11) is 0. The van der Waals surface area contributed by atoms with E-state index in [1.807, 2.05) is 12.1 Å². The summed E-state index contributed by atoms with van der Waals surface area (Å²) in [5, 5.41) is 18.4. The lowest BCUT2D eigenvalue weighted by molar-refractivity contribution is -0.00278. The van der Waals surface area contributed by atoms with Crippen molar-refractivity contribution in [2.45, 2.75) is 38.0 Å². The molecule has 4 aliphatic rings. The van der Waals surface area contributed by atoms with Gasteiger partial charge in [0.25, 0.3) is 0 Å². The molecule has 0 unspecified atom stereocenters. The topological polar surface area (TPSA) is 74.6 Å². The SMILES string of the molecule is O=C(O)c1cc(C#Cc2ccc(C3C4CC5CC(C4)CC3C5)cc2)cc(C(=O)O)c1. The van der Waals surface area contributed by atoms with Crippen molar-refractivity contribution in [2.75, 3.05) is 0 Å². The Morgan fingerprint density at radius 2 is 1.20 bits per heavy atom. The van der Waals surface area contributed by atoms with Crippen molar-refractivity contribution in [1.29, 1.82) is 0 Å². The van der Waals surface area contributed by atoms with Gasteiger partial charge in [-0.1, -0.05) is 24.0 Å². The zero-order valence-electron chi connectivity index (χ0n) is 16.7. The third kappa shape index (κ3) is 3.50. The summed E-state index contributed by atoms with van der Waals surface area (Å²) in [4.78, 5) is 22.5. The Labute approximate surface area is 175 Å². The van der Waals surface area contributed by atoms with Crippen LogP contribution in [0.25, 0.3) is 0 Å². The zero-order valence-corrected chi connectivity index (χ0v) is 16.7. The molecule has 2 aromatic rings. The molecule has 2 aromatic carbocycles. The first-order chi connectivity index (χ1) is 14.5. The van der Waals surface area contributed by atoms with Gasteiger partial charge in [-0.25, -0.2) is 9.59 Å². The average Bonchev–Trinajstić information content (AvgIpc) is 2.72. The molecule has 0 saturated heterocycles. The predicted octanol–water partition coefficient (Wildman–Crippen LogP) is 5.02. The van der Waals surface area contributed by atoms with Crippen LogP contribution < -0.4 is 0 Å². The fourth-order valence-electron chi connectivity index (χ4n) is 6.35. The first kappa shape index (κ1) is 18.9. The van der Waals surface area contributed by atoms with Crippen LogP contribution in [0.2, 0.25) is 0 Å². The summed E-state index contributed by atoms with van der Waals surface area (Å²) in [6.45, 7) is 0. The van der Waals surface area contributed by atoms with E-state index in [2.05, 4.69) is 24.0 Å². The highest BCUT2D eigenvalue weighted by atomic mass is 16.4. The zero-order chi connectivity index (χ0) is 20.8. The molecule has 152 valence electrons. The Bertz CT molecular complexity index is 1010. The van der Waals surface area contributed by atoms with Crippen molar-refractivity contribution in [3.8, 4) is 11.8 Å². The van der Waals surface area contributed by atoms with E-state index in [0.29, 0.717) is 11.5 Å². The van der Waals surface area contributed by atoms with Gasteiger partial charge in [0.05, 0.1) is 11.1 Å². The molecule has 4 fully saturated rings. The molecule has 4 heteroatoms. The minimum absolute atomic E-state index is 0.0727. The molecular weight excluding hydrogens is 376 g/mol. The molecule has 0 radical (unpaired) electrons. The lowest BCUT2D eigenvalue weighted by Crippen LogP contribution is -2.43. The van der Waals surface area contributed by atoms with E-state index in [1.54, 1.807) is 0 Å². The van der Waals surface area contributed by atoms with E-state index in [9.17, 15) is 19.8 Å². The highest BCUT2D eigenvalue weighted by Crippen LogP contribution is 2.59. The Hall–Kier alpha value is -3.06. The molecule has 0 aliphatic heterocycles. The van der Waals surface area contributed by atoms with Gasteiger partial charge in [-0.3, -0.25) is 0 Å². The number of carboxylic acid groups (broad SMARTS) is 2. The monoisotopic (exact) mass is 400 g/mol. The summed E-state index contributed by atoms with van der Waals surface area (Å²) in [5.41, 5.74) is 2.51. The van der Waals surface area contributed by atoms with Gasteiger partial charge >= 0.3 is 11.9 Å². The molecular formula is C26H24O4. The molecule has 6 rings (SSSR count). The van der Waals surface area contributed by atoms with Crippen LogP contribution in [-0.4, -0.2) is 22.2 Å². The fourth-order valence-corrected chi connectivity index (χ4v) is 6.35. The van der Waals surface area contributed by atoms with Crippen molar-refractivity contribution >= 4 is 11.9 Å². The second kappa shape index (κ2) is 7.32. The molecule has 0 aromatic heterocycles. The fraction of sp³-hybridized carbons (Fsp3) is 0.385. The summed E-state index contributed by atoms with van der Waals surface area (Å²) in [6.07, 6.45) is 7.03. The molecule has 4 aliphatic carbocycles. The molecule has 4 nitrogen and oxygen atoms in total. The predicted molar refractivity (Wildman–Crippen MR) is 113 cm³/mol. The number of rotatable bonds is 3. The van der Waals surface area contributed by atoms with E-state index in [4.69, 9.17) is 0 Å². The van der Waals surface area contributed by atoms with Crippen LogP contribution in [0.5, 0.6) is 0 Å². The van der Waals surface area contributed by atoms with Crippen LogP contribution >= 0.6 is 0 Å². The minimum Gasteiger partial charge on any atom is -0.478 e. The van der Waals surface area contributed by atoms with Crippen molar-refractivity contribution in [3.05, 3.63) is 70.3 Å². The van der Waals surface area contributed by atoms with Crippen molar-refractivity contribution < 1.29 is 19.8 Å². The number of hydrogen-bond donors (Lipinski definition) is 2. The quantitative estimate of drug-likeness (QED) is 0.709. The smallest absolute Gasteiger partial charge is 0.335 e. The maximum absolute atomic E-state index is 11.3. The molecule has 4 saturated carbocycles. The minimum atomic E-state index is -1.17. The number of carboxylic acids is 2. The largest absolute Gasteiger partial charge is 0.478 e. The van der Waals surface area contributed by atoms with E-state index in [1.165, 1.54) is 49.8 Å². The Kier molecular flexibility index (Phi) is 4.62. The van der Waals surface area contributed by atoms with Gasteiger partial charge in [-0.15, -0.1) is 0 Å². The second-order valence-electron chi connectivity index (χ2n) is 9.24. The third-order valence-electron chi connectivity index (χ3n) is 7.30. The van der Waals surface area contributed by atoms with Crippen LogP contribution in [0.4, 0.5) is 0 Å². The molecule has 0 atom stereocenters. The van der Waals surface area contributed by atoms with E-state index < -0.39 is 11.9 Å². The lowest BCUT2D eigenvalue weighted by atomic mass is 9.51. The maximum atomic E-state index is 11.3. The van der Waals surface area contributed by atoms with Crippen LogP contribution in [0.3, 0.4) is 0 Å². The first-order valence-corrected chi connectivity index (χ1v) is 10.7. The van der Waals surface area contributed by atoms with Crippen LogP contribution in [0.1, 0.15) is 75.4 Å². The highest BCUT2D eigenvalue weighted by molar-refractivity contribution is 5.94. The van der Waals surface area contributed by atoms with Crippen molar-refractivity contribution in [3.63, 3.8) is 0 Å². The van der Waals surface area contributed by atoms with E-state index >= 15 is 0 Å². The van der Waals surface area contributed by atoms with Gasteiger partial charge in [0.15, 0.2) is 0 Å². The third-order valence-corrected chi connectivity index (χ3v) is 7.30. The Balaban J connectivity index is 1.37. The van der Waals surface area contributed by atoms with E-state index in [0.717, 1.165) is 35.3 Å². The molecule has 4 bridgehead atoms. The summed E-state index contributed by atoms with van der Waals surface area (Å²) < 4.78 is 0. The van der Waals surface area contributed by atoms with Crippen molar-refractivity contribution in [2.24, 2.45) is 23.7 Å². The van der Waals surface area contributed by atoms with Crippen molar-refractivity contribution in [1.82, 2.24) is 0 Å². The molecule has 0 amide bonds. The van der Waals surface area contributed by atoms with Gasteiger partial charge in [-0.2, -0.15) is 0 Å². The molecule has 0 spiro atoms. The summed E-state index contributed by atoms with van der Waals surface area (Å²) >= 11 is 0. The Morgan fingerprint density at radius 1 is 0.700 bits per heavy atom. The van der Waals surface area contributed by atoms with Gasteiger partial charge in [-0.05, 0) is 97.6 Å². The molecule has 0 heterocycles. The Morgan fingerprint density at radius 3 is 1.70 bits per heavy atom. The van der Waals surface area contributed by atoms with Gasteiger partial charge in [0.2, 0.25) is 0 Å². The van der Waals surface area contributed by atoms with Crippen LogP contribution in [0.15, 0.2) is 42.5 Å². The van der Waals surface area contributed by atoms with E-state index in [-0.39, 0.29) is 11.1 Å². The molecule has 2 N–H and O–H groups in total. The summed E-state index contributed by atoms with van der Waals surface area (Å²) in [6, 6.07) is 12.4. The van der Waals surface area contributed by atoms with Crippen LogP contribution in [0, 0.1) is 35.5 Å². The number of benzene rings is 2. The number of aromatic carboxylic acids is 2. The second-order valence-corrected chi connectivity index (χ2v) is 9.24. The normalized spacial score (nSPS) is 28.6. The lowest BCUT2D eigenvalue weighted by Gasteiger charge is -2.54. The summed E-state index contributed by atoms with van der Waals surface area (Å²) in [5.74, 6) is 7.94.